The van der Waals surface area contributed by atoms with Crippen LogP contribution in [0.15, 0.2) is 30.5 Å². The number of nitrogens with one attached hydrogen (secondary N) is 3. The first-order valence-corrected chi connectivity index (χ1v) is 10.1. The molecule has 1 aliphatic rings. The van der Waals surface area contributed by atoms with Crippen molar-refractivity contribution in [2.45, 2.75) is 13.5 Å². The number of carbonyl (C=O) groups is 2. The molecule has 0 spiro atoms. The fourth-order valence-corrected chi connectivity index (χ4v) is 3.41. The average molecular weight is 422 g/mol. The molecule has 3 N–H and O–H groups in total. The van der Waals surface area contributed by atoms with Gasteiger partial charge in [-0.1, -0.05) is 0 Å². The molecule has 3 amide bonds. The van der Waals surface area contributed by atoms with E-state index in [0.29, 0.717) is 12.4 Å². The summed E-state index contributed by atoms with van der Waals surface area (Å²) in [4.78, 5) is 36.3. The van der Waals surface area contributed by atoms with Gasteiger partial charge in [0.2, 0.25) is 0 Å². The van der Waals surface area contributed by atoms with Crippen LogP contribution < -0.4 is 20.9 Å². The number of pyridine rings is 2. The van der Waals surface area contributed by atoms with Crippen LogP contribution in [-0.2, 0) is 6.54 Å². The Kier molecular flexibility index (Phi) is 7.35. The molecule has 31 heavy (non-hydrogen) atoms. The van der Waals surface area contributed by atoms with Crippen LogP contribution in [0, 0.1) is 11.3 Å². The van der Waals surface area contributed by atoms with E-state index >= 15 is 0 Å². The van der Waals surface area contributed by atoms with Crippen LogP contribution in [0.4, 0.5) is 16.3 Å². The van der Waals surface area contributed by atoms with Gasteiger partial charge in [0, 0.05) is 52.5 Å². The van der Waals surface area contributed by atoms with E-state index in [-0.39, 0.29) is 23.3 Å². The van der Waals surface area contributed by atoms with E-state index in [2.05, 4.69) is 41.8 Å². The predicted molar refractivity (Wildman–Crippen MR) is 117 cm³/mol. The molecule has 0 atom stereocenters. The van der Waals surface area contributed by atoms with E-state index in [1.54, 1.807) is 18.3 Å². The van der Waals surface area contributed by atoms with E-state index in [4.69, 9.17) is 0 Å². The molecule has 1 saturated heterocycles. The topological polar surface area (TPSA) is 126 Å². The molecule has 10 heteroatoms. The number of hydrogen-bond acceptors (Lipinski definition) is 7. The Morgan fingerprint density at radius 2 is 1.97 bits per heavy atom. The van der Waals surface area contributed by atoms with Gasteiger partial charge in [-0.15, -0.1) is 0 Å². The van der Waals surface area contributed by atoms with Crippen LogP contribution in [0.3, 0.4) is 0 Å². The van der Waals surface area contributed by atoms with E-state index in [1.807, 2.05) is 19.1 Å². The third kappa shape index (κ3) is 5.67. The first-order chi connectivity index (χ1) is 15.0. The monoisotopic (exact) mass is 422 g/mol. The Bertz CT molecular complexity index is 980. The summed E-state index contributed by atoms with van der Waals surface area (Å²) < 4.78 is 0. The Balaban J connectivity index is 1.60. The number of carbonyl (C=O) groups excluding carboxylic acids is 2. The fourth-order valence-electron chi connectivity index (χ4n) is 3.41. The number of amides is 3. The average Bonchev–Trinajstić information content (AvgIpc) is 2.79. The highest BCUT2D eigenvalue weighted by molar-refractivity contribution is 5.92. The molecular formula is C21H26N8O2. The van der Waals surface area contributed by atoms with Gasteiger partial charge in [-0.25, -0.2) is 14.8 Å². The molecule has 0 aromatic carbocycles. The van der Waals surface area contributed by atoms with Crippen LogP contribution in [-0.4, -0.2) is 66.6 Å². The number of hydrogen-bond donors (Lipinski definition) is 3. The molecule has 3 heterocycles. The highest BCUT2D eigenvalue weighted by Gasteiger charge is 2.21. The van der Waals surface area contributed by atoms with Crippen molar-refractivity contribution in [3.05, 3.63) is 47.4 Å². The second-order valence-corrected chi connectivity index (χ2v) is 7.05. The zero-order valence-corrected chi connectivity index (χ0v) is 17.7. The summed E-state index contributed by atoms with van der Waals surface area (Å²) in [5, 5.41) is 17.4. The second-order valence-electron chi connectivity index (χ2n) is 7.05. The highest BCUT2D eigenvalue weighted by atomic mass is 16.2. The predicted octanol–water partition coefficient (Wildman–Crippen LogP) is 1.17. The first kappa shape index (κ1) is 22.0. The first-order valence-electron chi connectivity index (χ1n) is 10.1. The smallest absolute Gasteiger partial charge is 0.320 e. The van der Waals surface area contributed by atoms with Crippen LogP contribution >= 0.6 is 0 Å². The van der Waals surface area contributed by atoms with E-state index in [1.165, 1.54) is 7.05 Å². The normalized spacial score (nSPS) is 13.9. The molecule has 1 fully saturated rings. The lowest BCUT2D eigenvalue weighted by atomic mass is 10.2. The molecule has 1 aliphatic heterocycles. The number of rotatable bonds is 6. The van der Waals surface area contributed by atoms with Gasteiger partial charge < -0.3 is 15.5 Å². The lowest BCUT2D eigenvalue weighted by Gasteiger charge is -2.36. The summed E-state index contributed by atoms with van der Waals surface area (Å²) in [6.45, 7) is 6.24. The number of aromatic nitrogens is 2. The van der Waals surface area contributed by atoms with Gasteiger partial charge in [0.1, 0.15) is 17.6 Å². The lowest BCUT2D eigenvalue weighted by molar-refractivity contribution is 0.0958. The van der Waals surface area contributed by atoms with E-state index < -0.39 is 0 Å². The highest BCUT2D eigenvalue weighted by Crippen LogP contribution is 2.21. The van der Waals surface area contributed by atoms with Crippen LogP contribution in [0.2, 0.25) is 0 Å². The van der Waals surface area contributed by atoms with Crippen LogP contribution in [0.1, 0.15) is 28.7 Å². The maximum atomic E-state index is 11.8. The molecular weight excluding hydrogens is 396 g/mol. The minimum absolute atomic E-state index is 0.233. The molecule has 10 nitrogen and oxygen atoms in total. The maximum absolute atomic E-state index is 11.8. The summed E-state index contributed by atoms with van der Waals surface area (Å²) in [6, 6.07) is 9.06. The van der Waals surface area contributed by atoms with E-state index in [0.717, 1.165) is 44.0 Å². The van der Waals surface area contributed by atoms with Gasteiger partial charge >= 0.3 is 6.03 Å². The molecule has 2 aromatic heterocycles. The van der Waals surface area contributed by atoms with Crippen molar-refractivity contribution in [1.82, 2.24) is 25.5 Å². The van der Waals surface area contributed by atoms with Gasteiger partial charge in [0.05, 0.1) is 5.69 Å². The SMILES string of the molecule is CCNC(=O)Nc1cc(CN2CCN(c3ccc(C(=O)NC)nc3C#N)CC2)ccn1. The van der Waals surface area contributed by atoms with Crippen molar-refractivity contribution in [3.63, 3.8) is 0 Å². The molecule has 0 aliphatic carbocycles. The molecule has 0 unspecified atom stereocenters. The standard InChI is InChI=1S/C21H26N8O2/c1-3-24-21(31)27-19-12-15(6-7-25-19)14-28-8-10-29(11-9-28)18-5-4-16(20(30)23-2)26-17(18)13-22/h4-7,12H,3,8-11,14H2,1-2H3,(H,23,30)(H2,24,25,27,31). The van der Waals surface area contributed by atoms with Crippen LogP contribution in [0.5, 0.6) is 0 Å². The Labute approximate surface area is 181 Å². The van der Waals surface area contributed by atoms with Gasteiger partial charge in [0.25, 0.3) is 5.91 Å². The Morgan fingerprint density at radius 1 is 1.19 bits per heavy atom. The van der Waals surface area contributed by atoms with Crippen molar-refractivity contribution in [3.8, 4) is 6.07 Å². The van der Waals surface area contributed by atoms with Crippen molar-refractivity contribution in [1.29, 1.82) is 5.26 Å². The van der Waals surface area contributed by atoms with Gasteiger partial charge in [-0.3, -0.25) is 15.0 Å². The minimum atomic E-state index is -0.314. The third-order valence-corrected chi connectivity index (χ3v) is 4.96. The summed E-state index contributed by atoms with van der Waals surface area (Å²) in [6.07, 6.45) is 1.69. The molecule has 0 bridgehead atoms. The molecule has 162 valence electrons. The van der Waals surface area contributed by atoms with Crippen molar-refractivity contribution in [2.75, 3.05) is 50.0 Å². The van der Waals surface area contributed by atoms with Gasteiger partial charge in [0.15, 0.2) is 5.69 Å². The number of anilines is 2. The summed E-state index contributed by atoms with van der Waals surface area (Å²) in [5.41, 5.74) is 2.29. The molecule has 2 aromatic rings. The van der Waals surface area contributed by atoms with Crippen molar-refractivity contribution in [2.24, 2.45) is 0 Å². The quantitative estimate of drug-likeness (QED) is 0.638. The third-order valence-electron chi connectivity index (χ3n) is 4.96. The number of piperazine rings is 1. The molecule has 0 radical (unpaired) electrons. The number of urea groups is 1. The maximum Gasteiger partial charge on any atom is 0.320 e. The van der Waals surface area contributed by atoms with Crippen LogP contribution in [0.25, 0.3) is 0 Å². The molecule has 3 rings (SSSR count). The summed E-state index contributed by atoms with van der Waals surface area (Å²) >= 11 is 0. The minimum Gasteiger partial charge on any atom is -0.367 e. The Morgan fingerprint density at radius 3 is 2.65 bits per heavy atom. The number of nitrogens with zero attached hydrogens (tertiary/aromatic N) is 5. The fraction of sp³-hybridized carbons (Fsp3) is 0.381. The van der Waals surface area contributed by atoms with Gasteiger partial charge in [-0.2, -0.15) is 5.26 Å². The summed E-state index contributed by atoms with van der Waals surface area (Å²) in [7, 11) is 1.53. The largest absolute Gasteiger partial charge is 0.367 e. The molecule has 0 saturated carbocycles. The van der Waals surface area contributed by atoms with Crippen molar-refractivity contribution >= 4 is 23.4 Å². The zero-order valence-electron chi connectivity index (χ0n) is 17.7. The second kappa shape index (κ2) is 10.4. The Hall–Kier alpha value is -3.71. The zero-order chi connectivity index (χ0) is 22.2. The van der Waals surface area contributed by atoms with Gasteiger partial charge in [-0.05, 0) is 36.8 Å². The number of nitriles is 1. The van der Waals surface area contributed by atoms with Crippen molar-refractivity contribution < 1.29 is 9.59 Å². The summed E-state index contributed by atoms with van der Waals surface area (Å²) in [5.74, 6) is 0.203. The lowest BCUT2D eigenvalue weighted by Crippen LogP contribution is -2.46. The van der Waals surface area contributed by atoms with E-state index in [9.17, 15) is 14.9 Å².